The summed E-state index contributed by atoms with van der Waals surface area (Å²) in [5, 5.41) is 8.97. The molecular formula is C14H19NO2. The Hall–Kier alpha value is -1.35. The first-order valence-electron chi connectivity index (χ1n) is 6.01. The van der Waals surface area contributed by atoms with Gasteiger partial charge in [-0.1, -0.05) is 30.3 Å². The SMILES string of the molecule is CC(C)(C(=O)N1CC(CO)C1)c1ccccc1. The van der Waals surface area contributed by atoms with Crippen LogP contribution in [0.3, 0.4) is 0 Å². The lowest BCUT2D eigenvalue weighted by Crippen LogP contribution is -2.56. The Morgan fingerprint density at radius 1 is 1.35 bits per heavy atom. The molecule has 0 spiro atoms. The Kier molecular flexibility index (Phi) is 3.20. The number of carbonyl (C=O) groups excluding carboxylic acids is 1. The topological polar surface area (TPSA) is 40.5 Å². The van der Waals surface area contributed by atoms with E-state index in [4.69, 9.17) is 5.11 Å². The molecule has 1 heterocycles. The molecule has 3 nitrogen and oxygen atoms in total. The Bertz CT molecular complexity index is 394. The van der Waals surface area contributed by atoms with Crippen LogP contribution in [0.4, 0.5) is 0 Å². The van der Waals surface area contributed by atoms with Crippen LogP contribution in [0, 0.1) is 5.92 Å². The van der Waals surface area contributed by atoms with Crippen molar-refractivity contribution in [3.05, 3.63) is 35.9 Å². The summed E-state index contributed by atoms with van der Waals surface area (Å²) in [6.07, 6.45) is 0. The standard InChI is InChI=1S/C14H19NO2/c1-14(2,12-6-4-3-5-7-12)13(17)15-8-11(9-15)10-16/h3-7,11,16H,8-10H2,1-2H3. The molecule has 17 heavy (non-hydrogen) atoms. The van der Waals surface area contributed by atoms with Crippen LogP contribution in [-0.2, 0) is 10.2 Å². The number of benzene rings is 1. The summed E-state index contributed by atoms with van der Waals surface area (Å²) in [6.45, 7) is 5.46. The molecule has 1 saturated heterocycles. The fourth-order valence-corrected chi connectivity index (χ4v) is 2.22. The van der Waals surface area contributed by atoms with Crippen molar-refractivity contribution < 1.29 is 9.90 Å². The molecular weight excluding hydrogens is 214 g/mol. The van der Waals surface area contributed by atoms with Gasteiger partial charge >= 0.3 is 0 Å². The van der Waals surface area contributed by atoms with Gasteiger partial charge in [0.1, 0.15) is 0 Å². The van der Waals surface area contributed by atoms with E-state index < -0.39 is 5.41 Å². The number of hydrogen-bond donors (Lipinski definition) is 1. The van der Waals surface area contributed by atoms with Gasteiger partial charge in [-0.25, -0.2) is 0 Å². The molecule has 0 radical (unpaired) electrons. The van der Waals surface area contributed by atoms with Gasteiger partial charge in [-0.3, -0.25) is 4.79 Å². The van der Waals surface area contributed by atoms with Crippen LogP contribution < -0.4 is 0 Å². The van der Waals surface area contributed by atoms with Gasteiger partial charge in [0.2, 0.25) is 5.91 Å². The normalized spacial score (nSPS) is 16.8. The molecule has 0 bridgehead atoms. The van der Waals surface area contributed by atoms with Crippen LogP contribution in [0.5, 0.6) is 0 Å². The van der Waals surface area contributed by atoms with Crippen LogP contribution in [0.1, 0.15) is 19.4 Å². The van der Waals surface area contributed by atoms with Crippen molar-refractivity contribution in [3.63, 3.8) is 0 Å². The highest BCUT2D eigenvalue weighted by Gasteiger charge is 2.39. The minimum Gasteiger partial charge on any atom is -0.396 e. The molecule has 1 aliphatic rings. The number of rotatable bonds is 3. The number of likely N-dealkylation sites (tertiary alicyclic amines) is 1. The average molecular weight is 233 g/mol. The summed E-state index contributed by atoms with van der Waals surface area (Å²) < 4.78 is 0. The van der Waals surface area contributed by atoms with Crippen molar-refractivity contribution in [1.29, 1.82) is 0 Å². The molecule has 3 heteroatoms. The minimum absolute atomic E-state index is 0.147. The van der Waals surface area contributed by atoms with Gasteiger partial charge in [-0.05, 0) is 19.4 Å². The molecule has 0 atom stereocenters. The first-order chi connectivity index (χ1) is 8.05. The van der Waals surface area contributed by atoms with Crippen molar-refractivity contribution in [2.24, 2.45) is 5.92 Å². The number of hydrogen-bond acceptors (Lipinski definition) is 2. The molecule has 1 aliphatic heterocycles. The van der Waals surface area contributed by atoms with Gasteiger partial charge < -0.3 is 10.0 Å². The van der Waals surface area contributed by atoms with Crippen LogP contribution in [0.2, 0.25) is 0 Å². The summed E-state index contributed by atoms with van der Waals surface area (Å²) in [5.41, 5.74) is 0.555. The van der Waals surface area contributed by atoms with Crippen molar-refractivity contribution in [1.82, 2.24) is 4.90 Å². The maximum absolute atomic E-state index is 12.4. The van der Waals surface area contributed by atoms with E-state index >= 15 is 0 Å². The fraction of sp³-hybridized carbons (Fsp3) is 0.500. The second-order valence-electron chi connectivity index (χ2n) is 5.25. The smallest absolute Gasteiger partial charge is 0.232 e. The largest absolute Gasteiger partial charge is 0.396 e. The van der Waals surface area contributed by atoms with Gasteiger partial charge in [0.25, 0.3) is 0 Å². The van der Waals surface area contributed by atoms with E-state index in [1.807, 2.05) is 49.1 Å². The first kappa shape index (κ1) is 12.1. The number of aliphatic hydroxyl groups excluding tert-OH is 1. The number of aliphatic hydroxyl groups is 1. The maximum atomic E-state index is 12.4. The van der Waals surface area contributed by atoms with Crippen LogP contribution >= 0.6 is 0 Å². The first-order valence-corrected chi connectivity index (χ1v) is 6.01. The van der Waals surface area contributed by atoms with E-state index in [1.165, 1.54) is 0 Å². The second-order valence-corrected chi connectivity index (χ2v) is 5.25. The zero-order valence-corrected chi connectivity index (χ0v) is 10.4. The lowest BCUT2D eigenvalue weighted by molar-refractivity contribution is -0.143. The highest BCUT2D eigenvalue weighted by atomic mass is 16.3. The predicted octanol–water partition coefficient (Wildman–Crippen LogP) is 1.41. The van der Waals surface area contributed by atoms with Crippen molar-refractivity contribution in [3.8, 4) is 0 Å². The Morgan fingerprint density at radius 3 is 2.47 bits per heavy atom. The summed E-state index contributed by atoms with van der Waals surface area (Å²) in [6, 6.07) is 9.84. The lowest BCUT2D eigenvalue weighted by Gasteiger charge is -2.42. The Balaban J connectivity index is 2.09. The fourth-order valence-electron chi connectivity index (χ4n) is 2.22. The zero-order valence-electron chi connectivity index (χ0n) is 10.4. The average Bonchev–Trinajstić information content (AvgIpc) is 2.28. The number of amides is 1. The summed E-state index contributed by atoms with van der Waals surface area (Å²) >= 11 is 0. The molecule has 92 valence electrons. The summed E-state index contributed by atoms with van der Waals surface area (Å²) in [7, 11) is 0. The minimum atomic E-state index is -0.484. The molecule has 0 unspecified atom stereocenters. The van der Waals surface area contributed by atoms with Crippen LogP contribution in [0.15, 0.2) is 30.3 Å². The molecule has 1 N–H and O–H groups in total. The monoisotopic (exact) mass is 233 g/mol. The van der Waals surface area contributed by atoms with E-state index in [1.54, 1.807) is 0 Å². The quantitative estimate of drug-likeness (QED) is 0.857. The van der Waals surface area contributed by atoms with E-state index in [0.717, 1.165) is 5.56 Å². The van der Waals surface area contributed by atoms with Gasteiger partial charge in [-0.2, -0.15) is 0 Å². The third-order valence-electron chi connectivity index (χ3n) is 3.53. The number of nitrogens with zero attached hydrogens (tertiary/aromatic N) is 1. The lowest BCUT2D eigenvalue weighted by atomic mass is 9.81. The summed E-state index contributed by atoms with van der Waals surface area (Å²) in [4.78, 5) is 14.2. The molecule has 0 aliphatic carbocycles. The molecule has 1 aromatic carbocycles. The Labute approximate surface area is 102 Å². The molecule has 1 aromatic rings. The van der Waals surface area contributed by atoms with Crippen LogP contribution in [-0.4, -0.2) is 35.6 Å². The van der Waals surface area contributed by atoms with Gasteiger partial charge in [0.05, 0.1) is 5.41 Å². The predicted molar refractivity (Wildman–Crippen MR) is 66.6 cm³/mol. The van der Waals surface area contributed by atoms with Crippen LogP contribution in [0.25, 0.3) is 0 Å². The highest BCUT2D eigenvalue weighted by Crippen LogP contribution is 2.28. The third-order valence-corrected chi connectivity index (χ3v) is 3.53. The number of carbonyl (C=O) groups is 1. The maximum Gasteiger partial charge on any atom is 0.232 e. The molecule has 1 amide bonds. The molecule has 1 fully saturated rings. The Morgan fingerprint density at radius 2 is 1.94 bits per heavy atom. The molecule has 2 rings (SSSR count). The van der Waals surface area contributed by atoms with Crippen molar-refractivity contribution in [2.75, 3.05) is 19.7 Å². The van der Waals surface area contributed by atoms with Gasteiger partial charge in [0, 0.05) is 25.6 Å². The van der Waals surface area contributed by atoms with E-state index in [2.05, 4.69) is 0 Å². The van der Waals surface area contributed by atoms with Crippen molar-refractivity contribution in [2.45, 2.75) is 19.3 Å². The van der Waals surface area contributed by atoms with E-state index in [-0.39, 0.29) is 18.4 Å². The third kappa shape index (κ3) is 2.20. The van der Waals surface area contributed by atoms with E-state index in [9.17, 15) is 4.79 Å². The summed E-state index contributed by atoms with van der Waals surface area (Å²) in [5.74, 6) is 0.416. The highest BCUT2D eigenvalue weighted by molar-refractivity contribution is 5.88. The molecule has 0 saturated carbocycles. The van der Waals surface area contributed by atoms with Gasteiger partial charge in [-0.15, -0.1) is 0 Å². The van der Waals surface area contributed by atoms with E-state index in [0.29, 0.717) is 13.1 Å². The second kappa shape index (κ2) is 4.49. The zero-order chi connectivity index (χ0) is 12.5. The van der Waals surface area contributed by atoms with Crippen molar-refractivity contribution >= 4 is 5.91 Å². The van der Waals surface area contributed by atoms with Gasteiger partial charge in [0.15, 0.2) is 0 Å². The molecule has 0 aromatic heterocycles.